The van der Waals surface area contributed by atoms with Crippen LogP contribution in [-0.4, -0.2) is 38.9 Å². The zero-order chi connectivity index (χ0) is 24.5. The predicted molar refractivity (Wildman–Crippen MR) is 136 cm³/mol. The first-order valence-corrected chi connectivity index (χ1v) is 11.7. The number of nitro benzene ring substituents is 1. The smallest absolute Gasteiger partial charge is 0.293 e. The van der Waals surface area contributed by atoms with Gasteiger partial charge in [-0.05, 0) is 55.2 Å². The number of anilines is 2. The Kier molecular flexibility index (Phi) is 6.08. The molecule has 0 saturated carbocycles. The third-order valence-electron chi connectivity index (χ3n) is 6.26. The molecule has 1 amide bonds. The molecule has 0 radical (unpaired) electrons. The van der Waals surface area contributed by atoms with Crippen LogP contribution in [-0.2, 0) is 0 Å². The average molecular weight is 491 g/mol. The SMILES string of the molecule is CC1CCN(c2ccc(C(=O)Nc3cc4nn(-c5ccccc5)nc4cc3Cl)cc2[N+](=O)[O-])CC1. The number of nitrogens with one attached hydrogen (secondary N) is 1. The summed E-state index contributed by atoms with van der Waals surface area (Å²) in [5.74, 6) is 0.107. The van der Waals surface area contributed by atoms with E-state index in [2.05, 4.69) is 22.4 Å². The van der Waals surface area contributed by atoms with Gasteiger partial charge >= 0.3 is 0 Å². The monoisotopic (exact) mass is 490 g/mol. The Balaban J connectivity index is 1.40. The first-order chi connectivity index (χ1) is 16.9. The number of halogens is 1. The minimum atomic E-state index is -0.497. The van der Waals surface area contributed by atoms with Crippen LogP contribution in [0.15, 0.2) is 60.7 Å². The average Bonchev–Trinajstić information content (AvgIpc) is 3.27. The molecule has 5 rings (SSSR count). The fraction of sp³-hybridized carbons (Fsp3) is 0.240. The van der Waals surface area contributed by atoms with Crippen molar-refractivity contribution in [3.05, 3.63) is 81.4 Å². The lowest BCUT2D eigenvalue weighted by Gasteiger charge is -2.31. The van der Waals surface area contributed by atoms with Crippen LogP contribution in [0.2, 0.25) is 5.02 Å². The van der Waals surface area contributed by atoms with Crippen molar-refractivity contribution >= 4 is 45.6 Å². The number of hydrogen-bond acceptors (Lipinski definition) is 6. The Morgan fingerprint density at radius 3 is 2.43 bits per heavy atom. The summed E-state index contributed by atoms with van der Waals surface area (Å²) in [6.45, 7) is 3.70. The highest BCUT2D eigenvalue weighted by Crippen LogP contribution is 2.33. The summed E-state index contributed by atoms with van der Waals surface area (Å²) in [5, 5.41) is 23.7. The van der Waals surface area contributed by atoms with Gasteiger partial charge in [0.2, 0.25) is 0 Å². The number of nitro groups is 1. The molecule has 4 aromatic rings. The van der Waals surface area contributed by atoms with Crippen LogP contribution in [0, 0.1) is 16.0 Å². The minimum Gasteiger partial charge on any atom is -0.366 e. The first kappa shape index (κ1) is 22.8. The molecule has 1 fully saturated rings. The van der Waals surface area contributed by atoms with E-state index in [9.17, 15) is 14.9 Å². The van der Waals surface area contributed by atoms with Gasteiger partial charge in [-0.2, -0.15) is 4.80 Å². The maximum absolute atomic E-state index is 13.0. The van der Waals surface area contributed by atoms with Crippen molar-refractivity contribution in [3.8, 4) is 5.69 Å². The van der Waals surface area contributed by atoms with Crippen molar-refractivity contribution in [1.29, 1.82) is 0 Å². The Hall–Kier alpha value is -3.98. The van der Waals surface area contributed by atoms with Crippen molar-refractivity contribution in [2.24, 2.45) is 5.92 Å². The lowest BCUT2D eigenvalue weighted by molar-refractivity contribution is -0.384. The predicted octanol–water partition coefficient (Wildman–Crippen LogP) is 5.47. The molecule has 9 nitrogen and oxygen atoms in total. The molecular formula is C25H23ClN6O3. The van der Waals surface area contributed by atoms with Crippen molar-refractivity contribution in [2.45, 2.75) is 19.8 Å². The number of fused-ring (bicyclic) bond motifs is 1. The van der Waals surface area contributed by atoms with Gasteiger partial charge in [0.1, 0.15) is 16.7 Å². The largest absolute Gasteiger partial charge is 0.366 e. The van der Waals surface area contributed by atoms with Gasteiger partial charge in [0.15, 0.2) is 0 Å². The van der Waals surface area contributed by atoms with E-state index >= 15 is 0 Å². The van der Waals surface area contributed by atoms with Crippen LogP contribution in [0.5, 0.6) is 0 Å². The number of nitrogens with zero attached hydrogens (tertiary/aromatic N) is 5. The van der Waals surface area contributed by atoms with Crippen molar-refractivity contribution in [1.82, 2.24) is 15.0 Å². The van der Waals surface area contributed by atoms with Crippen LogP contribution in [0.1, 0.15) is 30.1 Å². The van der Waals surface area contributed by atoms with E-state index < -0.39 is 10.8 Å². The number of carbonyl (C=O) groups is 1. The maximum atomic E-state index is 13.0. The van der Waals surface area contributed by atoms with Gasteiger partial charge in [0.05, 0.1) is 21.3 Å². The summed E-state index contributed by atoms with van der Waals surface area (Å²) < 4.78 is 0. The molecule has 0 aliphatic carbocycles. The minimum absolute atomic E-state index is 0.0837. The lowest BCUT2D eigenvalue weighted by Crippen LogP contribution is -2.33. The second-order valence-corrected chi connectivity index (χ2v) is 9.14. The van der Waals surface area contributed by atoms with E-state index in [4.69, 9.17) is 11.6 Å². The van der Waals surface area contributed by atoms with Gasteiger partial charge in [0, 0.05) is 24.7 Å². The summed E-state index contributed by atoms with van der Waals surface area (Å²) in [6.07, 6.45) is 1.96. The molecular weight excluding hydrogens is 468 g/mol. The van der Waals surface area contributed by atoms with E-state index in [1.165, 1.54) is 10.9 Å². The van der Waals surface area contributed by atoms with Gasteiger partial charge in [-0.3, -0.25) is 14.9 Å². The fourth-order valence-corrected chi connectivity index (χ4v) is 4.44. The second-order valence-electron chi connectivity index (χ2n) is 8.73. The summed E-state index contributed by atoms with van der Waals surface area (Å²) in [4.78, 5) is 27.8. The molecule has 2 heterocycles. The number of carbonyl (C=O) groups excluding carboxylic acids is 1. The van der Waals surface area contributed by atoms with Gasteiger partial charge in [-0.15, -0.1) is 10.2 Å². The number of piperidine rings is 1. The third kappa shape index (κ3) is 4.67. The van der Waals surface area contributed by atoms with Crippen LogP contribution < -0.4 is 10.2 Å². The Labute approximate surface area is 206 Å². The molecule has 1 aliphatic heterocycles. The van der Waals surface area contributed by atoms with Gasteiger partial charge in [0.25, 0.3) is 11.6 Å². The molecule has 1 aromatic heterocycles. The highest BCUT2D eigenvalue weighted by atomic mass is 35.5. The highest BCUT2D eigenvalue weighted by Gasteiger charge is 2.25. The Morgan fingerprint density at radius 1 is 1.06 bits per heavy atom. The van der Waals surface area contributed by atoms with Gasteiger partial charge in [-0.25, -0.2) is 0 Å². The van der Waals surface area contributed by atoms with Gasteiger partial charge in [-0.1, -0.05) is 36.7 Å². The van der Waals surface area contributed by atoms with Crippen molar-refractivity contribution < 1.29 is 9.72 Å². The Morgan fingerprint density at radius 2 is 1.74 bits per heavy atom. The maximum Gasteiger partial charge on any atom is 0.293 e. The normalized spacial score (nSPS) is 14.3. The molecule has 1 N–H and O–H groups in total. The van der Waals surface area contributed by atoms with Crippen molar-refractivity contribution in [2.75, 3.05) is 23.3 Å². The van der Waals surface area contributed by atoms with Crippen LogP contribution in [0.4, 0.5) is 17.1 Å². The molecule has 0 bridgehead atoms. The van der Waals surface area contributed by atoms with E-state index in [-0.39, 0.29) is 11.3 Å². The molecule has 35 heavy (non-hydrogen) atoms. The first-order valence-electron chi connectivity index (χ1n) is 11.4. The standard InChI is InChI=1S/C25H23ClN6O3/c1-16-9-11-30(12-10-16)23-8-7-17(13-24(23)32(34)35)25(33)27-20-15-22-21(14-19(20)26)28-31(29-22)18-5-3-2-4-6-18/h2-8,13-16H,9-12H2,1H3,(H,27,33). The second kappa shape index (κ2) is 9.34. The number of amides is 1. The zero-order valence-electron chi connectivity index (χ0n) is 19.0. The number of hydrogen-bond donors (Lipinski definition) is 1. The molecule has 10 heteroatoms. The van der Waals surface area contributed by atoms with Crippen LogP contribution in [0.25, 0.3) is 16.7 Å². The van der Waals surface area contributed by atoms with Crippen molar-refractivity contribution in [3.63, 3.8) is 0 Å². The number of rotatable bonds is 5. The van der Waals surface area contributed by atoms with Crippen LogP contribution >= 0.6 is 11.6 Å². The van der Waals surface area contributed by atoms with Gasteiger partial charge < -0.3 is 10.2 Å². The number of aromatic nitrogens is 3. The highest BCUT2D eigenvalue weighted by molar-refractivity contribution is 6.34. The summed E-state index contributed by atoms with van der Waals surface area (Å²) in [5.41, 5.74) is 2.90. The topological polar surface area (TPSA) is 106 Å². The molecule has 1 saturated heterocycles. The number of para-hydroxylation sites is 1. The van der Waals surface area contributed by atoms with E-state index in [0.717, 1.165) is 31.6 Å². The zero-order valence-corrected chi connectivity index (χ0v) is 19.8. The quantitative estimate of drug-likeness (QED) is 0.293. The van der Waals surface area contributed by atoms with E-state index in [0.29, 0.717) is 33.3 Å². The van der Waals surface area contributed by atoms with Crippen LogP contribution in [0.3, 0.4) is 0 Å². The lowest BCUT2D eigenvalue weighted by atomic mass is 9.98. The molecule has 178 valence electrons. The molecule has 1 aliphatic rings. The van der Waals surface area contributed by atoms with E-state index in [1.807, 2.05) is 35.2 Å². The van der Waals surface area contributed by atoms with E-state index in [1.54, 1.807) is 24.3 Å². The summed E-state index contributed by atoms with van der Waals surface area (Å²) >= 11 is 6.40. The molecule has 0 unspecified atom stereocenters. The summed E-state index contributed by atoms with van der Waals surface area (Å²) in [6, 6.07) is 17.3. The summed E-state index contributed by atoms with van der Waals surface area (Å²) in [7, 11) is 0. The molecule has 0 atom stereocenters. The fourth-order valence-electron chi connectivity index (χ4n) is 4.23. The Bertz CT molecular complexity index is 1410. The number of benzene rings is 3. The molecule has 3 aromatic carbocycles. The third-order valence-corrected chi connectivity index (χ3v) is 6.58. The molecule has 0 spiro atoms.